The van der Waals surface area contributed by atoms with Gasteiger partial charge in [0.15, 0.2) is 0 Å². The first kappa shape index (κ1) is 15.5. The van der Waals surface area contributed by atoms with Crippen LogP contribution in [-0.4, -0.2) is 39.0 Å². The topological polar surface area (TPSA) is 89.3 Å². The maximum Gasteiger partial charge on any atom is 0.242 e. The summed E-state index contributed by atoms with van der Waals surface area (Å²) < 4.78 is 6.65. The number of hydrogen-bond acceptors (Lipinski definition) is 5. The number of hydrogen-bond donors (Lipinski definition) is 2. The number of nitrogens with one attached hydrogen (secondary N) is 1. The van der Waals surface area contributed by atoms with E-state index in [0.29, 0.717) is 18.7 Å². The van der Waals surface area contributed by atoms with E-state index in [-0.39, 0.29) is 30.5 Å². The van der Waals surface area contributed by atoms with Gasteiger partial charge in [-0.15, -0.1) is 0 Å². The van der Waals surface area contributed by atoms with Gasteiger partial charge in [-0.3, -0.25) is 9.48 Å². The summed E-state index contributed by atoms with van der Waals surface area (Å²) in [6.45, 7) is 0.169. The third-order valence-electron chi connectivity index (χ3n) is 4.13. The number of carbonyl (C=O) groups excluding carboxylic acids is 1. The van der Waals surface area contributed by atoms with Crippen LogP contribution in [0.25, 0.3) is 0 Å². The van der Waals surface area contributed by atoms with Crippen molar-refractivity contribution in [1.82, 2.24) is 20.1 Å². The Balaban J connectivity index is 1.71. The lowest BCUT2D eigenvalue weighted by molar-refractivity contribution is -0.123. The standard InChI is InChI=1S/C16H20N4O3/c1-23-15-4-3-11(9-17-15)16(12-7-13(21)8-12)19-14(22)10-20-6-2-5-18-20/h2-6,9,12-13,16,21H,7-8,10H2,1H3,(H,19,22). The van der Waals surface area contributed by atoms with E-state index in [4.69, 9.17) is 4.74 Å². The summed E-state index contributed by atoms with van der Waals surface area (Å²) in [5.74, 6) is 0.627. The molecule has 0 aliphatic heterocycles. The fraction of sp³-hybridized carbons (Fsp3) is 0.438. The van der Waals surface area contributed by atoms with Gasteiger partial charge in [-0.2, -0.15) is 5.10 Å². The zero-order chi connectivity index (χ0) is 16.2. The minimum atomic E-state index is -0.281. The number of aromatic nitrogens is 3. The summed E-state index contributed by atoms with van der Waals surface area (Å²) in [7, 11) is 1.56. The number of rotatable bonds is 6. The highest BCUT2D eigenvalue weighted by Gasteiger charge is 2.35. The fourth-order valence-electron chi connectivity index (χ4n) is 2.83. The monoisotopic (exact) mass is 316 g/mol. The van der Waals surface area contributed by atoms with Gasteiger partial charge < -0.3 is 15.2 Å². The summed E-state index contributed by atoms with van der Waals surface area (Å²) >= 11 is 0. The van der Waals surface area contributed by atoms with E-state index >= 15 is 0 Å². The van der Waals surface area contributed by atoms with Crippen molar-refractivity contribution in [3.63, 3.8) is 0 Å². The SMILES string of the molecule is COc1ccc(C(NC(=O)Cn2cccn2)C2CC(O)C2)cn1. The largest absolute Gasteiger partial charge is 0.481 e. The molecular formula is C16H20N4O3. The Labute approximate surface area is 134 Å². The van der Waals surface area contributed by atoms with Gasteiger partial charge in [0.05, 0.1) is 19.3 Å². The minimum absolute atomic E-state index is 0.115. The number of ether oxygens (including phenoxy) is 1. The van der Waals surface area contributed by atoms with E-state index < -0.39 is 0 Å². The summed E-state index contributed by atoms with van der Waals surface area (Å²) in [6, 6.07) is 5.28. The van der Waals surface area contributed by atoms with Crippen LogP contribution in [0.1, 0.15) is 24.4 Å². The highest BCUT2D eigenvalue weighted by atomic mass is 16.5. The van der Waals surface area contributed by atoms with E-state index in [1.54, 1.807) is 42.5 Å². The second-order valence-electron chi connectivity index (χ2n) is 5.77. The van der Waals surface area contributed by atoms with Crippen LogP contribution >= 0.6 is 0 Å². The average molecular weight is 316 g/mol. The zero-order valence-corrected chi connectivity index (χ0v) is 12.9. The molecule has 2 aromatic rings. The van der Waals surface area contributed by atoms with E-state index in [9.17, 15) is 9.90 Å². The third-order valence-corrected chi connectivity index (χ3v) is 4.13. The van der Waals surface area contributed by atoms with Crippen LogP contribution in [0.2, 0.25) is 0 Å². The molecule has 0 spiro atoms. The van der Waals surface area contributed by atoms with Gasteiger partial charge >= 0.3 is 0 Å². The number of nitrogens with zero attached hydrogens (tertiary/aromatic N) is 3. The van der Waals surface area contributed by atoms with Crippen LogP contribution in [-0.2, 0) is 11.3 Å². The van der Waals surface area contributed by atoms with Gasteiger partial charge in [-0.1, -0.05) is 6.07 Å². The Morgan fingerprint density at radius 1 is 1.52 bits per heavy atom. The molecule has 1 aliphatic rings. The predicted octanol–water partition coefficient (Wildman–Crippen LogP) is 0.915. The second-order valence-corrected chi connectivity index (χ2v) is 5.77. The van der Waals surface area contributed by atoms with Crippen LogP contribution in [0.15, 0.2) is 36.8 Å². The molecule has 1 aliphatic carbocycles. The van der Waals surface area contributed by atoms with Gasteiger partial charge in [0.2, 0.25) is 11.8 Å². The van der Waals surface area contributed by atoms with Crippen molar-refractivity contribution >= 4 is 5.91 Å². The van der Waals surface area contributed by atoms with Crippen molar-refractivity contribution in [3.05, 3.63) is 42.4 Å². The first-order valence-corrected chi connectivity index (χ1v) is 7.60. The van der Waals surface area contributed by atoms with E-state index in [0.717, 1.165) is 5.56 Å². The van der Waals surface area contributed by atoms with Crippen molar-refractivity contribution in [2.45, 2.75) is 31.5 Å². The van der Waals surface area contributed by atoms with Crippen LogP contribution in [0.3, 0.4) is 0 Å². The maximum absolute atomic E-state index is 12.3. The summed E-state index contributed by atoms with van der Waals surface area (Å²) in [6.07, 6.45) is 6.17. The molecular weight excluding hydrogens is 296 g/mol. The first-order chi connectivity index (χ1) is 11.2. The van der Waals surface area contributed by atoms with Crippen molar-refractivity contribution in [2.75, 3.05) is 7.11 Å². The van der Waals surface area contributed by atoms with Crippen molar-refractivity contribution < 1.29 is 14.6 Å². The molecule has 1 fully saturated rings. The molecule has 0 radical (unpaired) electrons. The Morgan fingerprint density at radius 3 is 2.91 bits per heavy atom. The lowest BCUT2D eigenvalue weighted by Crippen LogP contribution is -2.42. The molecule has 2 heterocycles. The highest BCUT2D eigenvalue weighted by Crippen LogP contribution is 2.38. The smallest absolute Gasteiger partial charge is 0.242 e. The third kappa shape index (κ3) is 3.68. The first-order valence-electron chi connectivity index (χ1n) is 7.60. The normalized spacial score (nSPS) is 21.3. The molecule has 0 saturated heterocycles. The summed E-state index contributed by atoms with van der Waals surface area (Å²) in [5, 5.41) is 16.7. The van der Waals surface area contributed by atoms with Crippen molar-refractivity contribution in [3.8, 4) is 5.88 Å². The van der Waals surface area contributed by atoms with Crippen LogP contribution < -0.4 is 10.1 Å². The Bertz CT molecular complexity index is 636. The molecule has 122 valence electrons. The maximum atomic E-state index is 12.3. The number of pyridine rings is 1. The van der Waals surface area contributed by atoms with E-state index in [1.165, 1.54) is 0 Å². The van der Waals surface area contributed by atoms with Gasteiger partial charge in [-0.25, -0.2) is 4.98 Å². The molecule has 1 saturated carbocycles. The number of aliphatic hydroxyl groups excluding tert-OH is 1. The van der Waals surface area contributed by atoms with Crippen LogP contribution in [0.4, 0.5) is 0 Å². The fourth-order valence-corrected chi connectivity index (χ4v) is 2.83. The van der Waals surface area contributed by atoms with Gasteiger partial charge in [-0.05, 0) is 30.4 Å². The van der Waals surface area contributed by atoms with E-state index in [1.807, 2.05) is 6.07 Å². The Kier molecular flexibility index (Phi) is 4.57. The molecule has 1 unspecified atom stereocenters. The lowest BCUT2D eigenvalue weighted by atomic mass is 9.75. The van der Waals surface area contributed by atoms with E-state index in [2.05, 4.69) is 15.4 Å². The summed E-state index contributed by atoms with van der Waals surface area (Å²) in [4.78, 5) is 16.5. The molecule has 3 rings (SSSR count). The molecule has 0 aromatic carbocycles. The molecule has 7 nitrogen and oxygen atoms in total. The minimum Gasteiger partial charge on any atom is -0.481 e. The zero-order valence-electron chi connectivity index (χ0n) is 12.9. The lowest BCUT2D eigenvalue weighted by Gasteiger charge is -2.38. The molecule has 2 aromatic heterocycles. The number of amides is 1. The quantitative estimate of drug-likeness (QED) is 0.827. The Hall–Kier alpha value is -2.41. The molecule has 7 heteroatoms. The number of methoxy groups -OCH3 is 1. The van der Waals surface area contributed by atoms with Gasteiger partial charge in [0.1, 0.15) is 6.54 Å². The molecule has 2 N–H and O–H groups in total. The van der Waals surface area contributed by atoms with Gasteiger partial charge in [0, 0.05) is 24.7 Å². The van der Waals surface area contributed by atoms with Gasteiger partial charge in [0.25, 0.3) is 0 Å². The van der Waals surface area contributed by atoms with Crippen molar-refractivity contribution in [2.24, 2.45) is 5.92 Å². The average Bonchev–Trinajstić information content (AvgIpc) is 3.03. The number of carbonyl (C=O) groups is 1. The molecule has 1 amide bonds. The Morgan fingerprint density at radius 2 is 2.35 bits per heavy atom. The molecule has 0 bridgehead atoms. The number of aliphatic hydroxyl groups is 1. The molecule has 1 atom stereocenters. The predicted molar refractivity (Wildman–Crippen MR) is 82.6 cm³/mol. The van der Waals surface area contributed by atoms with Crippen LogP contribution in [0.5, 0.6) is 5.88 Å². The summed E-state index contributed by atoms with van der Waals surface area (Å²) in [5.41, 5.74) is 0.913. The molecule has 23 heavy (non-hydrogen) atoms. The second kappa shape index (κ2) is 6.78. The van der Waals surface area contributed by atoms with Crippen molar-refractivity contribution in [1.29, 1.82) is 0 Å². The highest BCUT2D eigenvalue weighted by molar-refractivity contribution is 5.76. The van der Waals surface area contributed by atoms with Crippen LogP contribution in [0, 0.1) is 5.92 Å².